The maximum atomic E-state index is 12.3. The van der Waals surface area contributed by atoms with E-state index in [4.69, 9.17) is 23.2 Å². The quantitative estimate of drug-likeness (QED) is 0.501. The van der Waals surface area contributed by atoms with Crippen molar-refractivity contribution in [3.63, 3.8) is 0 Å². The second kappa shape index (κ2) is 7.05. The third kappa shape index (κ3) is 3.95. The monoisotopic (exact) mass is 383 g/mol. The second-order valence-electron chi connectivity index (χ2n) is 4.68. The molecule has 0 saturated heterocycles. The molecule has 0 bridgehead atoms. The van der Waals surface area contributed by atoms with E-state index < -0.39 is 0 Å². The van der Waals surface area contributed by atoms with E-state index in [1.165, 1.54) is 23.1 Å². The number of halogens is 2. The number of hydrogen-bond acceptors (Lipinski definition) is 5. The van der Waals surface area contributed by atoms with Crippen LogP contribution in [0.25, 0.3) is 10.2 Å². The maximum Gasteiger partial charge on any atom is 0.237 e. The second-order valence-corrected chi connectivity index (χ2v) is 8.10. The van der Waals surface area contributed by atoms with Crippen LogP contribution in [0.5, 0.6) is 0 Å². The van der Waals surface area contributed by atoms with Gasteiger partial charge in [0.2, 0.25) is 5.91 Å². The molecule has 0 radical (unpaired) electrons. The van der Waals surface area contributed by atoms with Crippen molar-refractivity contribution >= 4 is 68.1 Å². The van der Waals surface area contributed by atoms with Gasteiger partial charge in [-0.2, -0.15) is 0 Å². The van der Waals surface area contributed by atoms with Gasteiger partial charge in [0.05, 0.1) is 21.2 Å². The Labute approximate surface area is 151 Å². The summed E-state index contributed by atoms with van der Waals surface area (Å²) >= 11 is 14.8. The smallest absolute Gasteiger partial charge is 0.237 e. The summed E-state index contributed by atoms with van der Waals surface area (Å²) < 4.78 is 1.86. The first-order valence-corrected chi connectivity index (χ1v) is 9.12. The van der Waals surface area contributed by atoms with E-state index in [1.54, 1.807) is 18.3 Å². The molecule has 1 N–H and O–H groups in total. The third-order valence-corrected chi connectivity index (χ3v) is 5.76. The maximum absolute atomic E-state index is 12.3. The summed E-state index contributed by atoms with van der Waals surface area (Å²) in [5.74, 6) is -0.151. The number of carbonyl (C=O) groups is 1. The molecular weight excluding hydrogens is 373 g/mol. The molecular formula is C15H11Cl2N3OS2. The molecule has 3 rings (SSSR count). The first-order valence-electron chi connectivity index (χ1n) is 6.67. The van der Waals surface area contributed by atoms with E-state index in [9.17, 15) is 4.79 Å². The number of nitrogens with one attached hydrogen (secondary N) is 1. The molecule has 2 aromatic heterocycles. The Morgan fingerprint density at radius 3 is 2.96 bits per heavy atom. The summed E-state index contributed by atoms with van der Waals surface area (Å²) in [4.78, 5) is 20.7. The number of amides is 1. The Hall–Kier alpha value is -1.34. The number of nitrogens with zero attached hydrogens (tertiary/aromatic N) is 2. The highest BCUT2D eigenvalue weighted by atomic mass is 35.5. The van der Waals surface area contributed by atoms with Gasteiger partial charge in [-0.15, -0.1) is 11.3 Å². The van der Waals surface area contributed by atoms with Gasteiger partial charge in [-0.25, -0.2) is 9.97 Å². The van der Waals surface area contributed by atoms with Gasteiger partial charge in [0.1, 0.15) is 0 Å². The topological polar surface area (TPSA) is 54.9 Å². The lowest BCUT2D eigenvalue weighted by Gasteiger charge is -2.10. The van der Waals surface area contributed by atoms with Crippen molar-refractivity contribution < 1.29 is 4.79 Å². The van der Waals surface area contributed by atoms with E-state index in [1.807, 2.05) is 25.1 Å². The Balaban J connectivity index is 1.71. The van der Waals surface area contributed by atoms with Crippen LogP contribution in [0.15, 0.2) is 40.9 Å². The summed E-state index contributed by atoms with van der Waals surface area (Å²) in [7, 11) is 0. The predicted octanol–water partition coefficient (Wildman–Crippen LogP) is 5.12. The van der Waals surface area contributed by atoms with Crippen LogP contribution in [0, 0.1) is 0 Å². The number of aromatic nitrogens is 2. The van der Waals surface area contributed by atoms with Gasteiger partial charge in [0, 0.05) is 11.2 Å². The molecule has 0 aliphatic rings. The minimum Gasteiger partial charge on any atom is -0.322 e. The predicted molar refractivity (Wildman–Crippen MR) is 97.8 cm³/mol. The SMILES string of the molecule is CC(Sc1nc2cc(Cl)ccc2s1)C(=O)Nc1cccnc1Cl. The number of hydrogen-bond donors (Lipinski definition) is 1. The Morgan fingerprint density at radius 2 is 2.17 bits per heavy atom. The molecule has 2 heterocycles. The zero-order valence-electron chi connectivity index (χ0n) is 11.9. The van der Waals surface area contributed by atoms with Crippen LogP contribution in [0.1, 0.15) is 6.92 Å². The summed E-state index contributed by atoms with van der Waals surface area (Å²) in [6.45, 7) is 1.82. The van der Waals surface area contributed by atoms with Gasteiger partial charge in [-0.3, -0.25) is 4.79 Å². The minimum atomic E-state index is -0.317. The van der Waals surface area contributed by atoms with E-state index in [-0.39, 0.29) is 16.3 Å². The molecule has 4 nitrogen and oxygen atoms in total. The lowest BCUT2D eigenvalue weighted by Crippen LogP contribution is -2.22. The number of thioether (sulfide) groups is 1. The largest absolute Gasteiger partial charge is 0.322 e. The van der Waals surface area contributed by atoms with Crippen molar-refractivity contribution in [1.29, 1.82) is 0 Å². The van der Waals surface area contributed by atoms with Gasteiger partial charge in [0.15, 0.2) is 9.49 Å². The zero-order valence-corrected chi connectivity index (χ0v) is 15.1. The highest BCUT2D eigenvalue weighted by molar-refractivity contribution is 8.02. The Bertz CT molecular complexity index is 869. The number of carbonyl (C=O) groups excluding carboxylic acids is 1. The molecule has 1 atom stereocenters. The van der Waals surface area contributed by atoms with E-state index in [0.717, 1.165) is 14.6 Å². The van der Waals surface area contributed by atoms with Crippen LogP contribution >= 0.6 is 46.3 Å². The molecule has 0 aliphatic heterocycles. The summed E-state index contributed by atoms with van der Waals surface area (Å²) in [5.41, 5.74) is 1.34. The number of benzene rings is 1. The zero-order chi connectivity index (χ0) is 16.4. The van der Waals surface area contributed by atoms with E-state index in [2.05, 4.69) is 15.3 Å². The highest BCUT2D eigenvalue weighted by Crippen LogP contribution is 2.33. The lowest BCUT2D eigenvalue weighted by molar-refractivity contribution is -0.115. The lowest BCUT2D eigenvalue weighted by atomic mass is 10.3. The van der Waals surface area contributed by atoms with Crippen LogP contribution < -0.4 is 5.32 Å². The van der Waals surface area contributed by atoms with Crippen molar-refractivity contribution in [3.8, 4) is 0 Å². The molecule has 0 aliphatic carbocycles. The fourth-order valence-electron chi connectivity index (χ4n) is 1.85. The van der Waals surface area contributed by atoms with Crippen molar-refractivity contribution in [1.82, 2.24) is 9.97 Å². The van der Waals surface area contributed by atoms with Crippen LogP contribution in [0.4, 0.5) is 5.69 Å². The van der Waals surface area contributed by atoms with Crippen LogP contribution in [0.2, 0.25) is 10.2 Å². The molecule has 0 fully saturated rings. The van der Waals surface area contributed by atoms with Crippen LogP contribution in [-0.4, -0.2) is 21.1 Å². The number of pyridine rings is 1. The molecule has 0 spiro atoms. The Morgan fingerprint density at radius 1 is 1.35 bits per heavy atom. The third-order valence-electron chi connectivity index (χ3n) is 2.99. The molecule has 0 saturated carbocycles. The molecule has 1 aromatic carbocycles. The van der Waals surface area contributed by atoms with Gasteiger partial charge in [-0.1, -0.05) is 35.0 Å². The highest BCUT2D eigenvalue weighted by Gasteiger charge is 2.18. The summed E-state index contributed by atoms with van der Waals surface area (Å²) in [6.07, 6.45) is 1.57. The standard InChI is InChI=1S/C15H11Cl2N3OS2/c1-8(14(21)19-10-3-2-6-18-13(10)17)22-15-20-11-7-9(16)4-5-12(11)23-15/h2-8H,1H3,(H,19,21). The van der Waals surface area contributed by atoms with Gasteiger partial charge in [0.25, 0.3) is 0 Å². The number of fused-ring (bicyclic) bond motifs is 1. The number of anilines is 1. The van der Waals surface area contributed by atoms with Crippen molar-refractivity contribution in [2.24, 2.45) is 0 Å². The Kier molecular flexibility index (Phi) is 5.06. The minimum absolute atomic E-state index is 0.151. The van der Waals surface area contributed by atoms with E-state index in [0.29, 0.717) is 10.7 Å². The van der Waals surface area contributed by atoms with Crippen LogP contribution in [-0.2, 0) is 4.79 Å². The molecule has 1 unspecified atom stereocenters. The molecule has 3 aromatic rings. The molecule has 8 heteroatoms. The molecule has 1 amide bonds. The van der Waals surface area contributed by atoms with Crippen LogP contribution in [0.3, 0.4) is 0 Å². The molecule has 118 valence electrons. The molecule has 23 heavy (non-hydrogen) atoms. The average molecular weight is 384 g/mol. The fraction of sp³-hybridized carbons (Fsp3) is 0.133. The van der Waals surface area contributed by atoms with Crippen molar-refractivity contribution in [2.75, 3.05) is 5.32 Å². The number of thiazole rings is 1. The van der Waals surface area contributed by atoms with Crippen molar-refractivity contribution in [3.05, 3.63) is 46.7 Å². The van der Waals surface area contributed by atoms with Gasteiger partial charge >= 0.3 is 0 Å². The average Bonchev–Trinajstić information content (AvgIpc) is 2.90. The van der Waals surface area contributed by atoms with Gasteiger partial charge < -0.3 is 5.32 Å². The summed E-state index contributed by atoms with van der Waals surface area (Å²) in [5, 5.41) is 3.38. The first kappa shape index (κ1) is 16.5. The fourth-order valence-corrected chi connectivity index (χ4v) is 4.37. The number of rotatable bonds is 4. The van der Waals surface area contributed by atoms with Gasteiger partial charge in [-0.05, 0) is 37.3 Å². The van der Waals surface area contributed by atoms with E-state index >= 15 is 0 Å². The normalized spacial score (nSPS) is 12.3. The summed E-state index contributed by atoms with van der Waals surface area (Å²) in [6, 6.07) is 9.01. The first-order chi connectivity index (χ1) is 11.0. The van der Waals surface area contributed by atoms with Crippen molar-refractivity contribution in [2.45, 2.75) is 16.5 Å².